The standard InChI is InChI=1S/C14H21N3O5S2/c1-20-10-5-6-12(21-2)13(8-10)24(18,19)17-16-14(23)15-9-11-4-3-7-22-11/h5-6,8,11,17H,3-4,7,9H2,1-2H3,(H2,15,16,23)/t11-/m0/s1. The largest absolute Gasteiger partial charge is 0.497 e. The number of ether oxygens (including phenoxy) is 3. The van der Waals surface area contributed by atoms with Gasteiger partial charge in [-0.2, -0.15) is 0 Å². The maximum atomic E-state index is 12.4. The van der Waals surface area contributed by atoms with Crippen LogP contribution in [0.1, 0.15) is 12.8 Å². The Morgan fingerprint density at radius 2 is 2.17 bits per heavy atom. The van der Waals surface area contributed by atoms with Crippen LogP contribution in [-0.4, -0.2) is 47.0 Å². The van der Waals surface area contributed by atoms with Crippen molar-refractivity contribution in [3.05, 3.63) is 18.2 Å². The first-order valence-corrected chi connectivity index (χ1v) is 9.24. The number of benzene rings is 1. The molecule has 0 aromatic heterocycles. The normalized spacial score (nSPS) is 17.3. The van der Waals surface area contributed by atoms with Crippen LogP contribution in [0.5, 0.6) is 11.5 Å². The van der Waals surface area contributed by atoms with Gasteiger partial charge >= 0.3 is 0 Å². The minimum atomic E-state index is -3.89. The van der Waals surface area contributed by atoms with Crippen molar-refractivity contribution < 1.29 is 22.6 Å². The fraction of sp³-hybridized carbons (Fsp3) is 0.500. The lowest BCUT2D eigenvalue weighted by Gasteiger charge is -2.16. The van der Waals surface area contributed by atoms with Gasteiger partial charge in [-0.05, 0) is 37.2 Å². The number of methoxy groups -OCH3 is 2. The van der Waals surface area contributed by atoms with Crippen molar-refractivity contribution in [2.24, 2.45) is 0 Å². The molecule has 1 aromatic rings. The summed E-state index contributed by atoms with van der Waals surface area (Å²) in [5.41, 5.74) is 2.46. The van der Waals surface area contributed by atoms with E-state index in [1.54, 1.807) is 6.07 Å². The zero-order valence-electron chi connectivity index (χ0n) is 13.5. The summed E-state index contributed by atoms with van der Waals surface area (Å²) in [4.78, 5) is 2.16. The van der Waals surface area contributed by atoms with Crippen LogP contribution in [0.2, 0.25) is 0 Å². The van der Waals surface area contributed by atoms with Crippen LogP contribution >= 0.6 is 12.2 Å². The van der Waals surface area contributed by atoms with Crippen LogP contribution < -0.4 is 25.0 Å². The molecule has 2 rings (SSSR count). The Morgan fingerprint density at radius 1 is 1.38 bits per heavy atom. The van der Waals surface area contributed by atoms with Crippen LogP contribution in [-0.2, 0) is 14.8 Å². The molecule has 10 heteroatoms. The number of rotatable bonds is 7. The Morgan fingerprint density at radius 3 is 2.79 bits per heavy atom. The number of nitrogens with one attached hydrogen (secondary N) is 3. The van der Waals surface area contributed by atoms with Crippen LogP contribution in [0, 0.1) is 0 Å². The van der Waals surface area contributed by atoms with Crippen molar-refractivity contribution in [2.75, 3.05) is 27.4 Å². The van der Waals surface area contributed by atoms with Crippen LogP contribution in [0.4, 0.5) is 0 Å². The van der Waals surface area contributed by atoms with E-state index >= 15 is 0 Å². The lowest BCUT2D eigenvalue weighted by molar-refractivity contribution is 0.114. The molecule has 0 saturated carbocycles. The fourth-order valence-corrected chi connectivity index (χ4v) is 3.45. The molecule has 8 nitrogen and oxygen atoms in total. The highest BCUT2D eigenvalue weighted by molar-refractivity contribution is 7.89. The first-order valence-electron chi connectivity index (χ1n) is 7.35. The van der Waals surface area contributed by atoms with E-state index in [1.165, 1.54) is 26.4 Å². The van der Waals surface area contributed by atoms with E-state index in [4.69, 9.17) is 26.4 Å². The van der Waals surface area contributed by atoms with E-state index in [0.29, 0.717) is 12.3 Å². The van der Waals surface area contributed by atoms with E-state index in [-0.39, 0.29) is 21.9 Å². The number of hydrogen-bond donors (Lipinski definition) is 3. The van der Waals surface area contributed by atoms with Crippen LogP contribution in [0.15, 0.2) is 23.1 Å². The Hall–Kier alpha value is -1.62. The second-order valence-corrected chi connectivity index (χ2v) is 7.15. The van der Waals surface area contributed by atoms with Gasteiger partial charge < -0.3 is 19.5 Å². The summed E-state index contributed by atoms with van der Waals surface area (Å²) in [5.74, 6) is 0.596. The average Bonchev–Trinajstić information content (AvgIpc) is 3.11. The summed E-state index contributed by atoms with van der Waals surface area (Å²) >= 11 is 5.06. The smallest absolute Gasteiger partial charge is 0.261 e. The monoisotopic (exact) mass is 375 g/mol. The molecule has 24 heavy (non-hydrogen) atoms. The van der Waals surface area contributed by atoms with Gasteiger partial charge in [0.25, 0.3) is 10.0 Å². The third kappa shape index (κ3) is 4.94. The Kier molecular flexibility index (Phi) is 6.60. The van der Waals surface area contributed by atoms with Gasteiger partial charge in [0, 0.05) is 19.2 Å². The molecule has 1 aliphatic heterocycles. The molecule has 0 amide bonds. The molecule has 1 heterocycles. The van der Waals surface area contributed by atoms with Crippen molar-refractivity contribution in [1.29, 1.82) is 0 Å². The van der Waals surface area contributed by atoms with E-state index in [1.807, 2.05) is 0 Å². The van der Waals surface area contributed by atoms with Gasteiger partial charge in [-0.3, -0.25) is 5.43 Å². The molecule has 3 N–H and O–H groups in total. The first-order chi connectivity index (χ1) is 11.5. The van der Waals surface area contributed by atoms with Crippen LogP contribution in [0.25, 0.3) is 0 Å². The molecule has 1 saturated heterocycles. The second kappa shape index (κ2) is 8.47. The molecule has 1 fully saturated rings. The molecule has 0 aliphatic carbocycles. The van der Waals surface area contributed by atoms with Gasteiger partial charge in [-0.15, -0.1) is 4.83 Å². The van der Waals surface area contributed by atoms with E-state index in [0.717, 1.165) is 19.4 Å². The summed E-state index contributed by atoms with van der Waals surface area (Å²) in [7, 11) is -1.05. The predicted octanol–water partition coefficient (Wildman–Crippen LogP) is 0.540. The summed E-state index contributed by atoms with van der Waals surface area (Å²) in [6, 6.07) is 4.49. The minimum absolute atomic E-state index is 0.0567. The second-order valence-electron chi connectivity index (χ2n) is 5.09. The predicted molar refractivity (Wildman–Crippen MR) is 92.6 cm³/mol. The maximum Gasteiger partial charge on any atom is 0.261 e. The SMILES string of the molecule is COc1ccc(OC)c(S(=O)(=O)NNC(=S)NC[C@@H]2CCCO2)c1. The fourth-order valence-electron chi connectivity index (χ4n) is 2.22. The molecule has 0 radical (unpaired) electrons. The molecule has 0 unspecified atom stereocenters. The van der Waals surface area contributed by atoms with Gasteiger partial charge in [0.2, 0.25) is 0 Å². The molecule has 1 aliphatic rings. The van der Waals surface area contributed by atoms with Crippen molar-refractivity contribution in [2.45, 2.75) is 23.8 Å². The van der Waals surface area contributed by atoms with Crippen molar-refractivity contribution in [3.8, 4) is 11.5 Å². The first kappa shape index (κ1) is 18.7. The summed E-state index contributed by atoms with van der Waals surface area (Å²) in [6.45, 7) is 1.27. The summed E-state index contributed by atoms with van der Waals surface area (Å²) in [6.07, 6.45) is 2.08. The van der Waals surface area contributed by atoms with Crippen LogP contribution in [0.3, 0.4) is 0 Å². The molecule has 0 bridgehead atoms. The number of hydrogen-bond acceptors (Lipinski definition) is 6. The zero-order valence-corrected chi connectivity index (χ0v) is 15.1. The number of thiocarbonyl (C=S) groups is 1. The van der Waals surface area contributed by atoms with Crippen molar-refractivity contribution in [3.63, 3.8) is 0 Å². The highest BCUT2D eigenvalue weighted by Crippen LogP contribution is 2.27. The topological polar surface area (TPSA) is 97.9 Å². The lowest BCUT2D eigenvalue weighted by Crippen LogP contribution is -2.48. The van der Waals surface area contributed by atoms with Crippen molar-refractivity contribution >= 4 is 27.4 Å². The Labute approximate surface area is 146 Å². The van der Waals surface area contributed by atoms with E-state index in [2.05, 4.69) is 15.6 Å². The summed E-state index contributed by atoms with van der Waals surface area (Å²) < 4.78 is 40.4. The van der Waals surface area contributed by atoms with Crippen molar-refractivity contribution in [1.82, 2.24) is 15.6 Å². The summed E-state index contributed by atoms with van der Waals surface area (Å²) in [5, 5.41) is 3.08. The van der Waals surface area contributed by atoms with Gasteiger partial charge in [0.05, 0.1) is 20.3 Å². The lowest BCUT2D eigenvalue weighted by atomic mass is 10.2. The molecule has 1 atom stereocenters. The van der Waals surface area contributed by atoms with E-state index in [9.17, 15) is 8.42 Å². The Balaban J connectivity index is 1.96. The zero-order chi connectivity index (χ0) is 17.6. The van der Waals surface area contributed by atoms with Gasteiger partial charge in [0.1, 0.15) is 16.4 Å². The Bertz CT molecular complexity index is 675. The molecule has 1 aromatic carbocycles. The van der Waals surface area contributed by atoms with Gasteiger partial charge in [-0.25, -0.2) is 8.42 Å². The van der Waals surface area contributed by atoms with Gasteiger partial charge in [-0.1, -0.05) is 0 Å². The third-order valence-corrected chi connectivity index (χ3v) is 4.99. The highest BCUT2D eigenvalue weighted by atomic mass is 32.2. The molecule has 134 valence electrons. The average molecular weight is 375 g/mol. The van der Waals surface area contributed by atoms with Gasteiger partial charge in [0.15, 0.2) is 5.11 Å². The molecular weight excluding hydrogens is 354 g/mol. The van der Waals surface area contributed by atoms with E-state index < -0.39 is 10.0 Å². The molecule has 0 spiro atoms. The third-order valence-electron chi connectivity index (χ3n) is 3.47. The highest BCUT2D eigenvalue weighted by Gasteiger charge is 2.21. The number of hydrazine groups is 1. The maximum absolute atomic E-state index is 12.4. The quantitative estimate of drug-likeness (QED) is 0.469. The molecular formula is C14H21N3O5S2. The minimum Gasteiger partial charge on any atom is -0.497 e. The number of sulfonamides is 1.